The maximum Gasteiger partial charge on any atom is 0.166 e. The topological polar surface area (TPSA) is 29.1 Å². The Kier molecular flexibility index (Phi) is 3.22. The van der Waals surface area contributed by atoms with Gasteiger partial charge in [-0.05, 0) is 49.2 Å². The molecule has 0 amide bonds. The molecule has 1 aromatic rings. The number of benzene rings is 1. The first-order valence-corrected chi connectivity index (χ1v) is 7.47. The average molecular weight is 257 g/mol. The number of ketones is 1. The van der Waals surface area contributed by atoms with E-state index in [1.807, 2.05) is 12.1 Å². The molecule has 2 heteroatoms. The predicted molar refractivity (Wildman–Crippen MR) is 77.5 cm³/mol. The lowest BCUT2D eigenvalue weighted by atomic mass is 9.89. The quantitative estimate of drug-likeness (QED) is 0.841. The van der Waals surface area contributed by atoms with Gasteiger partial charge in [0.2, 0.25) is 0 Å². The summed E-state index contributed by atoms with van der Waals surface area (Å²) in [6.45, 7) is 6.52. The van der Waals surface area contributed by atoms with Crippen LogP contribution < -0.4 is 5.32 Å². The number of nitrogens with one attached hydrogen (secondary N) is 1. The van der Waals surface area contributed by atoms with E-state index in [4.69, 9.17) is 0 Å². The highest BCUT2D eigenvalue weighted by Gasteiger charge is 2.57. The number of piperidine rings is 1. The molecule has 1 aliphatic carbocycles. The van der Waals surface area contributed by atoms with Gasteiger partial charge in [0.05, 0.1) is 0 Å². The zero-order valence-electron chi connectivity index (χ0n) is 11.9. The molecule has 102 valence electrons. The third kappa shape index (κ3) is 2.34. The second-order valence-electron chi connectivity index (χ2n) is 6.51. The molecule has 3 rings (SSSR count). The van der Waals surface area contributed by atoms with Crippen LogP contribution in [0.1, 0.15) is 54.9 Å². The van der Waals surface area contributed by atoms with Crippen molar-refractivity contribution in [3.63, 3.8) is 0 Å². The van der Waals surface area contributed by atoms with Crippen molar-refractivity contribution in [2.24, 2.45) is 11.3 Å². The number of rotatable bonds is 3. The number of Topliss-reactive ketones (excluding diaryl/α,β-unsaturated/α-hetero) is 1. The SMILES string of the molecule is CC(C)c1ccc(C(=O)C2CC23CCNCC3)cc1. The van der Waals surface area contributed by atoms with Gasteiger partial charge in [0, 0.05) is 11.5 Å². The van der Waals surface area contributed by atoms with Crippen molar-refractivity contribution in [3.8, 4) is 0 Å². The minimum atomic E-state index is 0.291. The number of carbonyl (C=O) groups excluding carboxylic acids is 1. The number of hydrogen-bond donors (Lipinski definition) is 1. The lowest BCUT2D eigenvalue weighted by Gasteiger charge is -2.23. The van der Waals surface area contributed by atoms with Gasteiger partial charge in [-0.15, -0.1) is 0 Å². The van der Waals surface area contributed by atoms with Gasteiger partial charge in [0.1, 0.15) is 0 Å². The third-order valence-corrected chi connectivity index (χ3v) is 4.97. The molecule has 2 fully saturated rings. The molecule has 0 aromatic heterocycles. The van der Waals surface area contributed by atoms with Crippen LogP contribution in [-0.2, 0) is 0 Å². The van der Waals surface area contributed by atoms with Crippen molar-refractivity contribution in [1.82, 2.24) is 5.32 Å². The van der Waals surface area contributed by atoms with E-state index in [1.165, 1.54) is 18.4 Å². The van der Waals surface area contributed by atoms with Crippen LogP contribution in [0.25, 0.3) is 0 Å². The molecular weight excluding hydrogens is 234 g/mol. The van der Waals surface area contributed by atoms with Gasteiger partial charge in [0.15, 0.2) is 5.78 Å². The highest BCUT2D eigenvalue weighted by atomic mass is 16.1. The molecule has 1 unspecified atom stereocenters. The Morgan fingerprint density at radius 2 is 1.84 bits per heavy atom. The molecule has 2 aliphatic rings. The van der Waals surface area contributed by atoms with Gasteiger partial charge in [-0.1, -0.05) is 38.1 Å². The fourth-order valence-corrected chi connectivity index (χ4v) is 3.43. The van der Waals surface area contributed by atoms with E-state index < -0.39 is 0 Å². The monoisotopic (exact) mass is 257 g/mol. The van der Waals surface area contributed by atoms with Crippen LogP contribution in [0, 0.1) is 11.3 Å². The zero-order valence-corrected chi connectivity index (χ0v) is 11.9. The first kappa shape index (κ1) is 12.9. The maximum atomic E-state index is 12.5. The fourth-order valence-electron chi connectivity index (χ4n) is 3.43. The van der Waals surface area contributed by atoms with Crippen molar-refractivity contribution in [3.05, 3.63) is 35.4 Å². The molecule has 1 saturated heterocycles. The summed E-state index contributed by atoms with van der Waals surface area (Å²) in [4.78, 5) is 12.5. The summed E-state index contributed by atoms with van der Waals surface area (Å²) < 4.78 is 0. The normalized spacial score (nSPS) is 24.7. The molecule has 1 aromatic carbocycles. The van der Waals surface area contributed by atoms with Crippen molar-refractivity contribution < 1.29 is 4.79 Å². The molecular formula is C17H23NO. The van der Waals surface area contributed by atoms with Crippen molar-refractivity contribution in [1.29, 1.82) is 0 Å². The highest BCUT2D eigenvalue weighted by molar-refractivity contribution is 6.00. The van der Waals surface area contributed by atoms with Crippen LogP contribution in [0.15, 0.2) is 24.3 Å². The molecule has 19 heavy (non-hydrogen) atoms. The Labute approximate surface area is 115 Å². The molecule has 1 N–H and O–H groups in total. The Bertz CT molecular complexity index is 469. The minimum Gasteiger partial charge on any atom is -0.317 e. The van der Waals surface area contributed by atoms with E-state index in [1.54, 1.807) is 0 Å². The van der Waals surface area contributed by atoms with Gasteiger partial charge >= 0.3 is 0 Å². The molecule has 1 aliphatic heterocycles. The van der Waals surface area contributed by atoms with E-state index >= 15 is 0 Å². The van der Waals surface area contributed by atoms with Crippen LogP contribution in [-0.4, -0.2) is 18.9 Å². The van der Waals surface area contributed by atoms with Crippen LogP contribution in [0.5, 0.6) is 0 Å². The van der Waals surface area contributed by atoms with Gasteiger partial charge < -0.3 is 5.32 Å². The van der Waals surface area contributed by atoms with Crippen LogP contribution in [0.2, 0.25) is 0 Å². The largest absolute Gasteiger partial charge is 0.317 e. The Morgan fingerprint density at radius 3 is 2.42 bits per heavy atom. The summed E-state index contributed by atoms with van der Waals surface area (Å²) in [5.74, 6) is 1.19. The van der Waals surface area contributed by atoms with Gasteiger partial charge in [-0.25, -0.2) is 0 Å². The highest BCUT2D eigenvalue weighted by Crippen LogP contribution is 2.59. The summed E-state index contributed by atoms with van der Waals surface area (Å²) >= 11 is 0. The fraction of sp³-hybridized carbons (Fsp3) is 0.588. The standard InChI is InChI=1S/C17H23NO/c1-12(2)13-3-5-14(6-4-13)16(19)15-11-17(15)7-9-18-10-8-17/h3-6,12,15,18H,7-11H2,1-2H3. The van der Waals surface area contributed by atoms with Gasteiger partial charge in [-0.2, -0.15) is 0 Å². The van der Waals surface area contributed by atoms with Gasteiger partial charge in [-0.3, -0.25) is 4.79 Å². The van der Waals surface area contributed by atoms with Gasteiger partial charge in [0.25, 0.3) is 0 Å². The summed E-state index contributed by atoms with van der Waals surface area (Å²) in [6.07, 6.45) is 3.46. The third-order valence-electron chi connectivity index (χ3n) is 4.97. The lowest BCUT2D eigenvalue weighted by molar-refractivity contribution is 0.0940. The number of carbonyl (C=O) groups is 1. The van der Waals surface area contributed by atoms with Crippen LogP contribution in [0.4, 0.5) is 0 Å². The molecule has 1 spiro atoms. The Balaban J connectivity index is 1.71. The van der Waals surface area contributed by atoms with Crippen molar-refractivity contribution in [2.45, 2.75) is 39.0 Å². The second-order valence-corrected chi connectivity index (χ2v) is 6.51. The number of hydrogen-bond acceptors (Lipinski definition) is 2. The van der Waals surface area contributed by atoms with E-state index in [-0.39, 0.29) is 0 Å². The van der Waals surface area contributed by atoms with E-state index in [0.717, 1.165) is 25.1 Å². The first-order valence-electron chi connectivity index (χ1n) is 7.47. The molecule has 2 nitrogen and oxygen atoms in total. The molecule has 0 bridgehead atoms. The lowest BCUT2D eigenvalue weighted by Crippen LogP contribution is -2.30. The van der Waals surface area contributed by atoms with E-state index in [0.29, 0.717) is 23.0 Å². The smallest absolute Gasteiger partial charge is 0.166 e. The summed E-state index contributed by atoms with van der Waals surface area (Å²) in [5.41, 5.74) is 2.56. The Hall–Kier alpha value is -1.15. The van der Waals surface area contributed by atoms with E-state index in [9.17, 15) is 4.79 Å². The van der Waals surface area contributed by atoms with Crippen LogP contribution >= 0.6 is 0 Å². The zero-order chi connectivity index (χ0) is 13.5. The molecule has 1 atom stereocenters. The summed E-state index contributed by atoms with van der Waals surface area (Å²) in [7, 11) is 0. The maximum absolute atomic E-state index is 12.5. The molecule has 1 saturated carbocycles. The van der Waals surface area contributed by atoms with Crippen molar-refractivity contribution >= 4 is 5.78 Å². The minimum absolute atomic E-state index is 0.291. The Morgan fingerprint density at radius 1 is 1.21 bits per heavy atom. The predicted octanol–water partition coefficient (Wildman–Crippen LogP) is 3.38. The molecule has 0 radical (unpaired) electrons. The van der Waals surface area contributed by atoms with Crippen LogP contribution in [0.3, 0.4) is 0 Å². The van der Waals surface area contributed by atoms with Crippen molar-refractivity contribution in [2.75, 3.05) is 13.1 Å². The first-order chi connectivity index (χ1) is 9.12. The summed E-state index contributed by atoms with van der Waals surface area (Å²) in [5, 5.41) is 3.39. The molecule has 1 heterocycles. The summed E-state index contributed by atoms with van der Waals surface area (Å²) in [6, 6.07) is 8.25. The second kappa shape index (κ2) is 4.75. The average Bonchev–Trinajstić information content (AvgIpc) is 3.12. The van der Waals surface area contributed by atoms with E-state index in [2.05, 4.69) is 31.3 Å².